The molecule has 0 N–H and O–H groups in total. The minimum atomic E-state index is -0.352. The molecule has 1 aromatic heterocycles. The summed E-state index contributed by atoms with van der Waals surface area (Å²) in [5, 5.41) is 5.76. The number of halogens is 2. The average molecular weight is 1100 g/mol. The predicted octanol–water partition coefficient (Wildman–Crippen LogP) is 23.1. The van der Waals surface area contributed by atoms with Gasteiger partial charge in [0.25, 0.3) is 0 Å². The lowest BCUT2D eigenvalue weighted by Gasteiger charge is -2.30. The lowest BCUT2D eigenvalue weighted by molar-refractivity contribution is 0.632. The normalized spacial score (nSPS) is 11.4. The minimum Gasteiger partial charge on any atom is -0.455 e. The van der Waals surface area contributed by atoms with Crippen LogP contribution in [0.3, 0.4) is 0 Å². The zero-order valence-electron chi connectivity index (χ0n) is 46.1. The Labute approximate surface area is 491 Å². The zero-order chi connectivity index (χ0) is 56.8. The molecule has 85 heavy (non-hydrogen) atoms. The molecule has 14 aromatic carbocycles. The zero-order valence-corrected chi connectivity index (χ0v) is 46.1. The summed E-state index contributed by atoms with van der Waals surface area (Å²) in [5.74, 6) is -0.694. The molecule has 0 aliphatic heterocycles. The van der Waals surface area contributed by atoms with Gasteiger partial charge in [0.05, 0.1) is 28.4 Å². The molecule has 15 aromatic rings. The summed E-state index contributed by atoms with van der Waals surface area (Å²) in [6.07, 6.45) is 0. The van der Waals surface area contributed by atoms with E-state index in [0.717, 1.165) is 111 Å². The number of furan rings is 1. The van der Waals surface area contributed by atoms with Crippen LogP contribution in [0.5, 0.6) is 0 Å². The highest BCUT2D eigenvalue weighted by atomic mass is 19.1. The van der Waals surface area contributed by atoms with E-state index in [1.807, 2.05) is 187 Å². The van der Waals surface area contributed by atoms with E-state index in [1.54, 1.807) is 0 Å². The molecule has 402 valence electrons. The molecule has 0 amide bonds. The summed E-state index contributed by atoms with van der Waals surface area (Å²) < 4.78 is 43.7. The van der Waals surface area contributed by atoms with Crippen LogP contribution in [-0.2, 0) is 0 Å². The maximum atomic E-state index is 18.3. The quantitative estimate of drug-likeness (QED) is 0.114. The van der Waals surface area contributed by atoms with Gasteiger partial charge in [-0.15, -0.1) is 0 Å². The van der Waals surface area contributed by atoms with E-state index in [0.29, 0.717) is 33.7 Å². The van der Waals surface area contributed by atoms with Crippen LogP contribution in [0.15, 0.2) is 320 Å². The Kier molecular flexibility index (Phi) is 12.9. The molecular weight excluding hydrogens is 1040 g/mol. The maximum Gasteiger partial charge on any atom is 0.155 e. The van der Waals surface area contributed by atoms with Crippen LogP contribution in [-0.4, -0.2) is 0 Å². The van der Waals surface area contributed by atoms with Crippen LogP contribution in [0, 0.1) is 11.6 Å². The van der Waals surface area contributed by atoms with Crippen molar-refractivity contribution in [2.24, 2.45) is 0 Å². The van der Waals surface area contributed by atoms with E-state index in [2.05, 4.69) is 138 Å². The molecule has 0 atom stereocenters. The second kappa shape index (κ2) is 21.6. The highest BCUT2D eigenvalue weighted by Crippen LogP contribution is 2.51. The Morgan fingerprint density at radius 3 is 1.06 bits per heavy atom. The van der Waals surface area contributed by atoms with E-state index < -0.39 is 0 Å². The highest BCUT2D eigenvalue weighted by molar-refractivity contribution is 6.30. The molecule has 0 spiro atoms. The fraction of sp³-hybridized carbons (Fsp3) is 0. The number of rotatable bonds is 12. The van der Waals surface area contributed by atoms with Crippen molar-refractivity contribution in [2.45, 2.75) is 0 Å². The van der Waals surface area contributed by atoms with Crippen molar-refractivity contribution in [1.29, 1.82) is 0 Å². The van der Waals surface area contributed by atoms with Gasteiger partial charge in [-0.1, -0.05) is 243 Å². The number of para-hydroxylation sites is 2. The smallest absolute Gasteiger partial charge is 0.155 e. The Balaban J connectivity index is 0.966. The molecule has 0 saturated carbocycles. The topological polar surface area (TPSA) is 19.6 Å². The van der Waals surface area contributed by atoms with Gasteiger partial charge in [-0.05, 0) is 127 Å². The van der Waals surface area contributed by atoms with Crippen LogP contribution in [0.4, 0.5) is 42.9 Å². The third kappa shape index (κ3) is 9.16. The molecular formula is C80H52F2N2O. The van der Waals surface area contributed by atoms with Gasteiger partial charge in [0.1, 0.15) is 11.2 Å². The fourth-order valence-corrected chi connectivity index (χ4v) is 12.4. The largest absolute Gasteiger partial charge is 0.455 e. The van der Waals surface area contributed by atoms with Crippen LogP contribution in [0.2, 0.25) is 0 Å². The molecule has 0 saturated heterocycles. The third-order valence-electron chi connectivity index (χ3n) is 16.4. The van der Waals surface area contributed by atoms with E-state index >= 15 is 8.78 Å². The van der Waals surface area contributed by atoms with Gasteiger partial charge in [0.2, 0.25) is 0 Å². The van der Waals surface area contributed by atoms with Crippen LogP contribution >= 0.6 is 0 Å². The van der Waals surface area contributed by atoms with Gasteiger partial charge >= 0.3 is 0 Å². The molecule has 0 fully saturated rings. The summed E-state index contributed by atoms with van der Waals surface area (Å²) in [4.78, 5) is 4.12. The van der Waals surface area contributed by atoms with E-state index in [9.17, 15) is 0 Å². The first-order valence-corrected chi connectivity index (χ1v) is 28.6. The van der Waals surface area contributed by atoms with Crippen molar-refractivity contribution < 1.29 is 13.2 Å². The van der Waals surface area contributed by atoms with Crippen LogP contribution in [0.25, 0.3) is 110 Å². The summed E-state index contributed by atoms with van der Waals surface area (Å²) in [7, 11) is 0. The first-order valence-electron chi connectivity index (χ1n) is 28.6. The first-order chi connectivity index (χ1) is 42.0. The number of hydrogen-bond acceptors (Lipinski definition) is 3. The van der Waals surface area contributed by atoms with Crippen molar-refractivity contribution in [3.8, 4) is 66.8 Å². The number of benzene rings is 14. The Hall–Kier alpha value is -11.1. The van der Waals surface area contributed by atoms with Gasteiger partial charge in [-0.3, -0.25) is 0 Å². The molecule has 5 heteroatoms. The predicted molar refractivity (Wildman–Crippen MR) is 351 cm³/mol. The Bertz CT molecular complexity index is 4950. The number of anilines is 6. The number of hydrogen-bond donors (Lipinski definition) is 0. The monoisotopic (exact) mass is 1090 g/mol. The fourth-order valence-electron chi connectivity index (χ4n) is 12.4. The molecule has 3 nitrogen and oxygen atoms in total. The van der Waals surface area contributed by atoms with Gasteiger partial charge in [0, 0.05) is 50.2 Å². The number of nitrogens with zero attached hydrogens (tertiary/aromatic N) is 2. The molecule has 0 unspecified atom stereocenters. The third-order valence-corrected chi connectivity index (χ3v) is 16.4. The molecule has 0 aliphatic rings. The summed E-state index contributed by atoms with van der Waals surface area (Å²) in [5.41, 5.74) is 15.4. The Morgan fingerprint density at radius 1 is 0.235 bits per heavy atom. The van der Waals surface area contributed by atoms with E-state index in [-0.39, 0.29) is 11.6 Å². The molecule has 15 rings (SSSR count). The molecule has 0 radical (unpaired) electrons. The molecule has 0 aliphatic carbocycles. The lowest BCUT2D eigenvalue weighted by atomic mass is 9.94. The minimum absolute atomic E-state index is 0.342. The van der Waals surface area contributed by atoms with Gasteiger partial charge in [-0.25, -0.2) is 8.78 Å². The summed E-state index contributed by atoms with van der Waals surface area (Å²) >= 11 is 0. The summed E-state index contributed by atoms with van der Waals surface area (Å²) in [6.45, 7) is 0. The average Bonchev–Trinajstić information content (AvgIpc) is 2.76. The SMILES string of the molecule is Fc1c(-c2ccccc2)cc(-c2ccccc2)cc1N(c1ccc2c(c1)oc1c3ccc(N(c4ccccc4-c4ccccc4)c4cc(-c5ccccc5)cc(-c5ccccc5)c4F)cc3c3ccccc3c21)c1ccccc1-c1ccccc1. The van der Waals surface area contributed by atoms with Crippen LogP contribution in [0.1, 0.15) is 0 Å². The first kappa shape index (κ1) is 50.8. The van der Waals surface area contributed by atoms with Gasteiger partial charge in [0.15, 0.2) is 11.6 Å². The van der Waals surface area contributed by atoms with Gasteiger partial charge < -0.3 is 14.2 Å². The van der Waals surface area contributed by atoms with Crippen molar-refractivity contribution in [3.05, 3.63) is 327 Å². The standard InChI is InChI=1S/C80H52F2N2O/c81-78-69(57-33-15-5-16-34-57)47-59(53-25-7-1-8-26-53)49-74(78)83(72-41-23-21-37-63(72)55-29-11-3-12-30-55)61-43-45-67-71(51-61)65-39-19-20-40-66(65)77-68-46-44-62(52-76(68)85-80(67)77)84(73-42-24-22-38-64(73)56-31-13-4-14-32-56)75-50-60(54-27-9-2-10-28-54)48-70(79(75)82)58-35-17-6-18-36-58/h1-52H. The lowest BCUT2D eigenvalue weighted by Crippen LogP contribution is -2.14. The van der Waals surface area contributed by atoms with Crippen LogP contribution < -0.4 is 9.80 Å². The van der Waals surface area contributed by atoms with Gasteiger partial charge in [-0.2, -0.15) is 0 Å². The second-order valence-electron chi connectivity index (χ2n) is 21.4. The maximum absolute atomic E-state index is 18.3. The number of fused-ring (bicyclic) bond motifs is 8. The second-order valence-corrected chi connectivity index (χ2v) is 21.4. The van der Waals surface area contributed by atoms with Crippen molar-refractivity contribution in [3.63, 3.8) is 0 Å². The van der Waals surface area contributed by atoms with Crippen molar-refractivity contribution in [2.75, 3.05) is 9.80 Å². The summed E-state index contributed by atoms with van der Waals surface area (Å²) in [6, 6.07) is 106. The molecule has 1 heterocycles. The Morgan fingerprint density at radius 2 is 0.600 bits per heavy atom. The van der Waals surface area contributed by atoms with E-state index in [4.69, 9.17) is 4.42 Å². The van der Waals surface area contributed by atoms with Crippen molar-refractivity contribution in [1.82, 2.24) is 0 Å². The van der Waals surface area contributed by atoms with Crippen molar-refractivity contribution >= 4 is 77.6 Å². The van der Waals surface area contributed by atoms with E-state index in [1.165, 1.54) is 0 Å². The highest BCUT2D eigenvalue weighted by Gasteiger charge is 2.28. The molecule has 0 bridgehead atoms.